The summed E-state index contributed by atoms with van der Waals surface area (Å²) in [6, 6.07) is 15.7. The van der Waals surface area contributed by atoms with Crippen LogP contribution >= 0.6 is 0 Å². The highest BCUT2D eigenvalue weighted by molar-refractivity contribution is 5.64. The normalized spacial score (nSPS) is 11.9. The number of ether oxygens (including phenoxy) is 2. The molecule has 212 valence electrons. The Balaban J connectivity index is 1.40. The van der Waals surface area contributed by atoms with Crippen molar-refractivity contribution in [1.82, 2.24) is 9.97 Å². The van der Waals surface area contributed by atoms with Gasteiger partial charge >= 0.3 is 0 Å². The monoisotopic (exact) mass is 534 g/mol. The lowest BCUT2D eigenvalue weighted by Gasteiger charge is -2.11. The van der Waals surface area contributed by atoms with E-state index >= 15 is 0 Å². The van der Waals surface area contributed by atoms with Crippen molar-refractivity contribution >= 4 is 0 Å². The molecule has 1 atom stereocenters. The van der Waals surface area contributed by atoms with Crippen LogP contribution < -0.4 is 9.47 Å². The molecule has 0 aliphatic carbocycles. The summed E-state index contributed by atoms with van der Waals surface area (Å²) in [5.41, 5.74) is 2.91. The fraction of sp³-hybridized carbons (Fsp3) is 0.529. The molecule has 2 aromatic carbocycles. The lowest BCUT2D eigenvalue weighted by atomic mass is 10.1. The van der Waals surface area contributed by atoms with E-state index in [9.17, 15) is 4.39 Å². The number of aromatic nitrogens is 2. The number of benzene rings is 2. The molecule has 0 saturated carbocycles. The minimum absolute atomic E-state index is 0.0996. The molecule has 0 bridgehead atoms. The molecule has 1 aromatic heterocycles. The Morgan fingerprint density at radius 1 is 0.590 bits per heavy atom. The molecule has 1 heterocycles. The Labute approximate surface area is 235 Å². The molecule has 0 spiro atoms. The zero-order valence-corrected chi connectivity index (χ0v) is 24.0. The first-order valence-electron chi connectivity index (χ1n) is 15.1. The van der Waals surface area contributed by atoms with Gasteiger partial charge in [-0.1, -0.05) is 96.6 Å². The van der Waals surface area contributed by atoms with Crippen LogP contribution in [0.25, 0.3) is 22.5 Å². The van der Waals surface area contributed by atoms with E-state index in [1.165, 1.54) is 57.8 Å². The highest BCUT2D eigenvalue weighted by Crippen LogP contribution is 2.24. The van der Waals surface area contributed by atoms with Gasteiger partial charge < -0.3 is 9.47 Å². The topological polar surface area (TPSA) is 44.2 Å². The Hall–Kier alpha value is -2.95. The summed E-state index contributed by atoms with van der Waals surface area (Å²) < 4.78 is 25.7. The van der Waals surface area contributed by atoms with E-state index in [2.05, 4.69) is 23.8 Å². The van der Waals surface area contributed by atoms with Gasteiger partial charge in [0.1, 0.15) is 24.3 Å². The van der Waals surface area contributed by atoms with Gasteiger partial charge in [-0.3, -0.25) is 0 Å². The van der Waals surface area contributed by atoms with Crippen LogP contribution in [0.1, 0.15) is 97.3 Å². The second-order valence-corrected chi connectivity index (χ2v) is 10.4. The van der Waals surface area contributed by atoms with Crippen LogP contribution in [0.5, 0.6) is 11.5 Å². The molecule has 1 unspecified atom stereocenters. The SMILES string of the molecule is CCCCCCCCOc1ccc(-c2cnc(-c3ccc(OCC(F)CCCCCCCC)cc3)nc2)cc1. The predicted molar refractivity (Wildman–Crippen MR) is 160 cm³/mol. The third kappa shape index (κ3) is 11.8. The van der Waals surface area contributed by atoms with Crippen LogP contribution in [0.15, 0.2) is 60.9 Å². The van der Waals surface area contributed by atoms with Crippen molar-refractivity contribution in [2.45, 2.75) is 103 Å². The van der Waals surface area contributed by atoms with E-state index in [4.69, 9.17) is 9.47 Å². The molecule has 0 radical (unpaired) electrons. The van der Waals surface area contributed by atoms with Gasteiger partial charge in [0.15, 0.2) is 5.82 Å². The van der Waals surface area contributed by atoms with E-state index in [1.54, 1.807) is 0 Å². The van der Waals surface area contributed by atoms with Gasteiger partial charge in [-0.05, 0) is 54.8 Å². The van der Waals surface area contributed by atoms with Crippen LogP contribution in [-0.2, 0) is 0 Å². The molecule has 0 saturated heterocycles. The fourth-order valence-corrected chi connectivity index (χ4v) is 4.56. The van der Waals surface area contributed by atoms with Crippen molar-refractivity contribution in [1.29, 1.82) is 0 Å². The number of hydrogen-bond acceptors (Lipinski definition) is 4. The van der Waals surface area contributed by atoms with Crippen LogP contribution in [0.4, 0.5) is 4.39 Å². The van der Waals surface area contributed by atoms with Crippen molar-refractivity contribution < 1.29 is 13.9 Å². The molecule has 3 aromatic rings. The van der Waals surface area contributed by atoms with Gasteiger partial charge in [-0.2, -0.15) is 0 Å². The van der Waals surface area contributed by atoms with Gasteiger partial charge in [0.2, 0.25) is 0 Å². The van der Waals surface area contributed by atoms with Crippen molar-refractivity contribution in [2.75, 3.05) is 13.2 Å². The number of alkyl halides is 1. The summed E-state index contributed by atoms with van der Waals surface area (Å²) in [5.74, 6) is 2.21. The van der Waals surface area contributed by atoms with Crippen LogP contribution in [0, 0.1) is 0 Å². The van der Waals surface area contributed by atoms with E-state index in [1.807, 2.05) is 60.9 Å². The van der Waals surface area contributed by atoms with Gasteiger partial charge in [0, 0.05) is 23.5 Å². The average Bonchev–Trinajstić information content (AvgIpc) is 2.98. The van der Waals surface area contributed by atoms with Crippen molar-refractivity contribution in [2.24, 2.45) is 0 Å². The molecule has 0 fully saturated rings. The van der Waals surface area contributed by atoms with Gasteiger partial charge in [-0.15, -0.1) is 0 Å². The van der Waals surface area contributed by atoms with Crippen molar-refractivity contribution in [3.8, 4) is 34.0 Å². The Morgan fingerprint density at radius 3 is 1.72 bits per heavy atom. The van der Waals surface area contributed by atoms with E-state index in [0.717, 1.165) is 48.3 Å². The van der Waals surface area contributed by atoms with Crippen molar-refractivity contribution in [3.05, 3.63) is 60.9 Å². The van der Waals surface area contributed by atoms with Gasteiger partial charge in [0.05, 0.1) is 6.61 Å². The molecule has 3 rings (SSSR count). The molecule has 5 heteroatoms. The first-order chi connectivity index (χ1) is 19.2. The summed E-state index contributed by atoms with van der Waals surface area (Å²) in [5, 5.41) is 0. The molecule has 0 amide bonds. The fourth-order valence-electron chi connectivity index (χ4n) is 4.56. The Bertz CT molecular complexity index is 1020. The Kier molecular flexibility index (Phi) is 14.4. The van der Waals surface area contributed by atoms with Gasteiger partial charge in [-0.25, -0.2) is 14.4 Å². The standard InChI is InChI=1S/C34H47FN2O2/c1-3-5-7-9-11-13-15-31(35)27-39-33-22-18-29(19-23-33)34-36-25-30(26-37-34)28-16-20-32(21-17-28)38-24-14-12-10-8-6-4-2/h16-23,25-26,31H,3-15,24,27H2,1-2H3. The van der Waals surface area contributed by atoms with Crippen LogP contribution in [0.2, 0.25) is 0 Å². The van der Waals surface area contributed by atoms with Crippen LogP contribution in [0.3, 0.4) is 0 Å². The second kappa shape index (κ2) is 18.4. The molecular weight excluding hydrogens is 487 g/mol. The largest absolute Gasteiger partial charge is 0.494 e. The van der Waals surface area contributed by atoms with Crippen molar-refractivity contribution in [3.63, 3.8) is 0 Å². The highest BCUT2D eigenvalue weighted by Gasteiger charge is 2.09. The first kappa shape index (κ1) is 30.6. The minimum Gasteiger partial charge on any atom is -0.494 e. The predicted octanol–water partition coefficient (Wildman–Crippen LogP) is 10.0. The Morgan fingerprint density at radius 2 is 1.10 bits per heavy atom. The third-order valence-electron chi connectivity index (χ3n) is 7.02. The molecule has 0 aliphatic rings. The van der Waals surface area contributed by atoms with E-state index in [0.29, 0.717) is 18.0 Å². The van der Waals surface area contributed by atoms with E-state index < -0.39 is 6.17 Å². The number of rotatable bonds is 20. The first-order valence-corrected chi connectivity index (χ1v) is 15.1. The zero-order chi connectivity index (χ0) is 27.5. The minimum atomic E-state index is -0.923. The maximum atomic E-state index is 14.2. The van der Waals surface area contributed by atoms with E-state index in [-0.39, 0.29) is 6.61 Å². The molecule has 0 N–H and O–H groups in total. The number of hydrogen-bond donors (Lipinski definition) is 0. The smallest absolute Gasteiger partial charge is 0.159 e. The second-order valence-electron chi connectivity index (χ2n) is 10.4. The number of nitrogens with zero attached hydrogens (tertiary/aromatic N) is 2. The summed E-state index contributed by atoms with van der Waals surface area (Å²) in [7, 11) is 0. The third-order valence-corrected chi connectivity index (χ3v) is 7.02. The zero-order valence-electron chi connectivity index (χ0n) is 24.0. The van der Waals surface area contributed by atoms with Crippen LogP contribution in [-0.4, -0.2) is 29.4 Å². The van der Waals surface area contributed by atoms with Gasteiger partial charge in [0.25, 0.3) is 0 Å². The summed E-state index contributed by atoms with van der Waals surface area (Å²) >= 11 is 0. The lowest BCUT2D eigenvalue weighted by molar-refractivity contribution is 0.184. The maximum absolute atomic E-state index is 14.2. The maximum Gasteiger partial charge on any atom is 0.159 e. The summed E-state index contributed by atoms with van der Waals surface area (Å²) in [4.78, 5) is 9.12. The average molecular weight is 535 g/mol. The highest BCUT2D eigenvalue weighted by atomic mass is 19.1. The molecular formula is C34H47FN2O2. The quantitative estimate of drug-likeness (QED) is 0.135. The number of halogens is 1. The number of unbranched alkanes of at least 4 members (excludes halogenated alkanes) is 10. The summed E-state index contributed by atoms with van der Waals surface area (Å²) in [6.45, 7) is 5.31. The molecule has 4 nitrogen and oxygen atoms in total. The molecule has 39 heavy (non-hydrogen) atoms. The molecule has 0 aliphatic heterocycles. The summed E-state index contributed by atoms with van der Waals surface area (Å²) in [6.07, 6.45) is 17.9. The lowest BCUT2D eigenvalue weighted by Crippen LogP contribution is -2.12.